The molecule has 0 radical (unpaired) electrons. The molecule has 0 saturated heterocycles. The first-order valence-corrected chi connectivity index (χ1v) is 11.9. The Hall–Kier alpha value is -3.42. The van der Waals surface area contributed by atoms with Crippen LogP contribution in [0.5, 0.6) is 11.5 Å². The Morgan fingerprint density at radius 1 is 0.857 bits per heavy atom. The van der Waals surface area contributed by atoms with Crippen molar-refractivity contribution in [3.05, 3.63) is 59.7 Å². The van der Waals surface area contributed by atoms with Crippen molar-refractivity contribution in [1.82, 2.24) is 0 Å². The third-order valence-electron chi connectivity index (χ3n) is 4.55. The van der Waals surface area contributed by atoms with Gasteiger partial charge in [-0.2, -0.15) is 0 Å². The largest absolute Gasteiger partial charge is 0.508 e. The molecule has 0 saturated carbocycles. The van der Waals surface area contributed by atoms with Gasteiger partial charge in [0.25, 0.3) is 0 Å². The van der Waals surface area contributed by atoms with E-state index in [4.69, 9.17) is 22.7 Å². The normalized spacial score (nSPS) is 10.9. The Labute approximate surface area is 217 Å². The van der Waals surface area contributed by atoms with Gasteiger partial charge in [-0.3, -0.25) is 9.59 Å². The second-order valence-electron chi connectivity index (χ2n) is 7.40. The molecule has 2 aromatic rings. The number of carbonyl (C=O) groups excluding carboxylic acids is 2. The number of hydrogen-bond donors (Lipinski definition) is 1. The van der Waals surface area contributed by atoms with Gasteiger partial charge in [-0.25, -0.2) is 0 Å². The number of terminal acetylenes is 2. The minimum absolute atomic E-state index is 0.141. The molecule has 0 aliphatic heterocycles. The molecule has 0 bridgehead atoms. The van der Waals surface area contributed by atoms with Gasteiger partial charge in [-0.1, -0.05) is 65.9 Å². The van der Waals surface area contributed by atoms with E-state index >= 15 is 0 Å². The first kappa shape index (κ1) is 31.6. The lowest BCUT2D eigenvalue weighted by atomic mass is 10.0. The Bertz CT molecular complexity index is 955. The summed E-state index contributed by atoms with van der Waals surface area (Å²) in [7, 11) is 2.78. The first-order chi connectivity index (χ1) is 16.7. The Morgan fingerprint density at radius 3 is 1.60 bits per heavy atom. The molecular weight excluding hydrogens is 512 g/mol. The van der Waals surface area contributed by atoms with Crippen molar-refractivity contribution in [3.63, 3.8) is 0 Å². The summed E-state index contributed by atoms with van der Waals surface area (Å²) in [4.78, 5) is 22.4. The topological polar surface area (TPSA) is 82.1 Å². The molecule has 0 aliphatic rings. The van der Waals surface area contributed by atoms with Gasteiger partial charge < -0.3 is 19.3 Å². The van der Waals surface area contributed by atoms with Crippen LogP contribution in [0.2, 0.25) is 0 Å². The number of halogens is 1. The van der Waals surface area contributed by atoms with Crippen molar-refractivity contribution in [1.29, 1.82) is 0 Å². The monoisotopic (exact) mass is 544 g/mol. The number of hydrogen-bond acceptors (Lipinski definition) is 6. The Balaban J connectivity index is 0.000000581. The van der Waals surface area contributed by atoms with E-state index in [1.807, 2.05) is 38.1 Å². The average molecular weight is 545 g/mol. The molecule has 2 unspecified atom stereocenters. The van der Waals surface area contributed by atoms with Crippen LogP contribution in [0.1, 0.15) is 25.0 Å². The van der Waals surface area contributed by atoms with Crippen molar-refractivity contribution in [2.45, 2.75) is 26.7 Å². The maximum atomic E-state index is 11.3. The van der Waals surface area contributed by atoms with E-state index in [0.717, 1.165) is 16.9 Å². The van der Waals surface area contributed by atoms with Crippen LogP contribution in [0, 0.1) is 36.5 Å². The number of ether oxygens (including phenoxy) is 3. The average Bonchev–Trinajstić information content (AvgIpc) is 2.89. The number of benzene rings is 2. The number of methoxy groups -OCH3 is 2. The lowest BCUT2D eigenvalue weighted by Gasteiger charge is -2.09. The van der Waals surface area contributed by atoms with Gasteiger partial charge in [0.05, 0.1) is 31.4 Å². The van der Waals surface area contributed by atoms with Crippen LogP contribution >= 0.6 is 15.9 Å². The fourth-order valence-electron chi connectivity index (χ4n) is 2.75. The minimum atomic E-state index is -0.210. The molecule has 0 aliphatic carbocycles. The third-order valence-corrected chi connectivity index (χ3v) is 4.87. The van der Waals surface area contributed by atoms with Crippen molar-refractivity contribution in [2.24, 2.45) is 11.8 Å². The van der Waals surface area contributed by atoms with E-state index in [2.05, 4.69) is 37.2 Å². The Morgan fingerprint density at radius 2 is 1.26 bits per heavy atom. The van der Waals surface area contributed by atoms with Crippen LogP contribution in [-0.2, 0) is 31.9 Å². The molecule has 0 spiro atoms. The third kappa shape index (κ3) is 14.4. The molecule has 2 atom stereocenters. The zero-order valence-electron chi connectivity index (χ0n) is 20.6. The standard InChI is InChI=1S/C14H16O3.C11H14O3.C3H3Br/c1-4-9-17-13-7-5-12(6-8-13)10-11(2)14(15)16-3;1-8(11(13)14-2)7-9-3-5-10(12)6-4-9;1-2-3-4/h1,5-8,11H,9-10H2,2-3H3;3-6,8,12H,7H2,1-2H3;1H,3H2. The van der Waals surface area contributed by atoms with Crippen molar-refractivity contribution >= 4 is 27.9 Å². The molecule has 0 amide bonds. The van der Waals surface area contributed by atoms with E-state index in [1.54, 1.807) is 24.3 Å². The maximum Gasteiger partial charge on any atom is 0.308 e. The summed E-state index contributed by atoms with van der Waals surface area (Å²) in [6.45, 7) is 3.92. The Kier molecular flexibility index (Phi) is 17.1. The van der Waals surface area contributed by atoms with Gasteiger partial charge >= 0.3 is 11.9 Å². The molecule has 0 fully saturated rings. The maximum absolute atomic E-state index is 11.3. The molecule has 188 valence electrons. The molecule has 1 N–H and O–H groups in total. The lowest BCUT2D eigenvalue weighted by Crippen LogP contribution is -2.15. The molecular formula is C28H33BrO6. The molecule has 0 aromatic heterocycles. The van der Waals surface area contributed by atoms with Gasteiger partial charge in [-0.15, -0.1) is 12.8 Å². The molecule has 2 rings (SSSR count). The number of phenols is 1. The second-order valence-corrected chi connectivity index (χ2v) is 7.96. The smallest absolute Gasteiger partial charge is 0.308 e. The van der Waals surface area contributed by atoms with Gasteiger partial charge in [0.2, 0.25) is 0 Å². The van der Waals surface area contributed by atoms with Crippen LogP contribution in [0.25, 0.3) is 0 Å². The zero-order chi connectivity index (χ0) is 26.6. The van der Waals surface area contributed by atoms with E-state index in [0.29, 0.717) is 18.2 Å². The highest BCUT2D eigenvalue weighted by atomic mass is 79.9. The summed E-state index contributed by atoms with van der Waals surface area (Å²) in [5.74, 6) is 5.02. The van der Waals surface area contributed by atoms with Crippen LogP contribution in [0.3, 0.4) is 0 Å². The van der Waals surface area contributed by atoms with Gasteiger partial charge in [0.15, 0.2) is 0 Å². The molecule has 35 heavy (non-hydrogen) atoms. The van der Waals surface area contributed by atoms with Crippen LogP contribution in [0.4, 0.5) is 0 Å². The van der Waals surface area contributed by atoms with Gasteiger partial charge in [0, 0.05) is 0 Å². The lowest BCUT2D eigenvalue weighted by molar-refractivity contribution is -0.145. The number of esters is 2. The number of alkyl halides is 1. The minimum Gasteiger partial charge on any atom is -0.508 e. The summed E-state index contributed by atoms with van der Waals surface area (Å²) in [5, 5.41) is 9.71. The second kappa shape index (κ2) is 18.9. The van der Waals surface area contributed by atoms with Gasteiger partial charge in [-0.05, 0) is 48.2 Å². The molecule has 7 heteroatoms. The summed E-state index contributed by atoms with van der Waals surface area (Å²) in [6, 6.07) is 14.4. The summed E-state index contributed by atoms with van der Waals surface area (Å²) >= 11 is 3.01. The fraction of sp³-hybridized carbons (Fsp3) is 0.357. The fourth-order valence-corrected chi connectivity index (χ4v) is 2.75. The SMILES string of the molecule is C#CCBr.C#CCOc1ccc(CC(C)C(=O)OC)cc1.COC(=O)C(C)Cc1ccc(O)cc1. The van der Waals surface area contributed by atoms with Crippen molar-refractivity contribution in [2.75, 3.05) is 26.2 Å². The van der Waals surface area contributed by atoms with Gasteiger partial charge in [0.1, 0.15) is 18.1 Å². The van der Waals surface area contributed by atoms with Crippen LogP contribution in [0.15, 0.2) is 48.5 Å². The van der Waals surface area contributed by atoms with E-state index < -0.39 is 0 Å². The highest BCUT2D eigenvalue weighted by Crippen LogP contribution is 2.16. The summed E-state index contributed by atoms with van der Waals surface area (Å²) in [5.41, 5.74) is 2.08. The van der Waals surface area contributed by atoms with Crippen LogP contribution < -0.4 is 4.74 Å². The van der Waals surface area contributed by atoms with E-state index in [9.17, 15) is 9.59 Å². The molecule has 0 heterocycles. The number of rotatable bonds is 8. The highest BCUT2D eigenvalue weighted by Gasteiger charge is 2.14. The van der Waals surface area contributed by atoms with Crippen LogP contribution in [-0.4, -0.2) is 43.2 Å². The zero-order valence-corrected chi connectivity index (χ0v) is 22.2. The number of carbonyl (C=O) groups is 2. The predicted octanol–water partition coefficient (Wildman–Crippen LogP) is 4.81. The van der Waals surface area contributed by atoms with Crippen molar-refractivity contribution < 1.29 is 28.9 Å². The molecule has 2 aromatic carbocycles. The number of aromatic hydroxyl groups is 1. The number of phenolic OH excluding ortho intramolecular Hbond substituents is 1. The van der Waals surface area contributed by atoms with E-state index in [1.165, 1.54) is 14.2 Å². The summed E-state index contributed by atoms with van der Waals surface area (Å²) in [6.07, 6.45) is 11.1. The quantitative estimate of drug-likeness (QED) is 0.292. The summed E-state index contributed by atoms with van der Waals surface area (Å²) < 4.78 is 14.6. The molecule has 6 nitrogen and oxygen atoms in total. The highest BCUT2D eigenvalue weighted by molar-refractivity contribution is 9.09. The van der Waals surface area contributed by atoms with Crippen molar-refractivity contribution in [3.8, 4) is 36.2 Å². The van der Waals surface area contributed by atoms with E-state index in [-0.39, 0.29) is 36.1 Å². The first-order valence-electron chi connectivity index (χ1n) is 10.8. The predicted molar refractivity (Wildman–Crippen MR) is 141 cm³/mol.